The fourth-order valence-corrected chi connectivity index (χ4v) is 6.38. The maximum Gasteiger partial charge on any atom is 0.223 e. The lowest BCUT2D eigenvalue weighted by molar-refractivity contribution is -0.126. The molecular weight excluding hydrogens is 322 g/mol. The number of rotatable bonds is 3. The Morgan fingerprint density at radius 3 is 2.92 bits per heavy atom. The van der Waals surface area contributed by atoms with Crippen molar-refractivity contribution in [3.63, 3.8) is 0 Å². The van der Waals surface area contributed by atoms with Crippen molar-refractivity contribution in [2.45, 2.75) is 70.0 Å². The van der Waals surface area contributed by atoms with Gasteiger partial charge in [0, 0.05) is 44.3 Å². The van der Waals surface area contributed by atoms with Crippen LogP contribution in [0.3, 0.4) is 0 Å². The lowest BCUT2D eigenvalue weighted by Crippen LogP contribution is -2.66. The number of nitrogens with zero attached hydrogens (tertiary/aromatic N) is 3. The van der Waals surface area contributed by atoms with E-state index in [0.29, 0.717) is 18.0 Å². The summed E-state index contributed by atoms with van der Waals surface area (Å²) in [5.41, 5.74) is 1.52. The van der Waals surface area contributed by atoms with Crippen molar-refractivity contribution in [2.24, 2.45) is 11.8 Å². The van der Waals surface area contributed by atoms with Crippen LogP contribution in [0, 0.1) is 11.8 Å². The van der Waals surface area contributed by atoms with Crippen LogP contribution in [-0.2, 0) is 4.79 Å². The van der Waals surface area contributed by atoms with Crippen molar-refractivity contribution in [1.82, 2.24) is 14.7 Å². The molecule has 0 aromatic rings. The van der Waals surface area contributed by atoms with Crippen molar-refractivity contribution in [3.8, 4) is 0 Å². The molecular formula is C22H35N3O. The van der Waals surface area contributed by atoms with Crippen LogP contribution in [0.4, 0.5) is 0 Å². The molecule has 5 atom stereocenters. The van der Waals surface area contributed by atoms with Crippen LogP contribution in [0.2, 0.25) is 0 Å². The summed E-state index contributed by atoms with van der Waals surface area (Å²) in [5, 5.41) is 0. The van der Waals surface area contributed by atoms with Crippen molar-refractivity contribution < 1.29 is 4.79 Å². The molecule has 4 nitrogen and oxygen atoms in total. The molecule has 4 rings (SSSR count). The van der Waals surface area contributed by atoms with Crippen LogP contribution in [0.15, 0.2) is 24.4 Å². The summed E-state index contributed by atoms with van der Waals surface area (Å²) in [4.78, 5) is 19.4. The maximum absolute atomic E-state index is 12.0. The molecule has 4 heteroatoms. The van der Waals surface area contributed by atoms with Gasteiger partial charge in [-0.15, -0.1) is 6.58 Å². The van der Waals surface area contributed by atoms with Gasteiger partial charge in [-0.1, -0.05) is 12.5 Å². The molecule has 2 bridgehead atoms. The third-order valence-corrected chi connectivity index (χ3v) is 7.44. The van der Waals surface area contributed by atoms with Gasteiger partial charge >= 0.3 is 0 Å². The molecule has 0 spiro atoms. The van der Waals surface area contributed by atoms with Crippen LogP contribution in [-0.4, -0.2) is 65.4 Å². The Bertz CT molecular complexity index is 586. The quantitative estimate of drug-likeness (QED) is 0.726. The highest BCUT2D eigenvalue weighted by molar-refractivity contribution is 5.74. The number of hydrogen-bond donors (Lipinski definition) is 0. The summed E-state index contributed by atoms with van der Waals surface area (Å²) < 4.78 is 0. The van der Waals surface area contributed by atoms with Gasteiger partial charge in [0.1, 0.15) is 0 Å². The third-order valence-electron chi connectivity index (χ3n) is 7.44. The minimum Gasteiger partial charge on any atom is -0.319 e. The lowest BCUT2D eigenvalue weighted by Gasteiger charge is -2.60. The van der Waals surface area contributed by atoms with E-state index < -0.39 is 0 Å². The van der Waals surface area contributed by atoms with E-state index in [1.807, 2.05) is 4.90 Å². The first-order valence-electron chi connectivity index (χ1n) is 10.6. The fourth-order valence-electron chi connectivity index (χ4n) is 6.38. The van der Waals surface area contributed by atoms with Gasteiger partial charge in [0.25, 0.3) is 0 Å². The van der Waals surface area contributed by atoms with E-state index in [2.05, 4.69) is 35.7 Å². The van der Waals surface area contributed by atoms with Gasteiger partial charge < -0.3 is 9.80 Å². The van der Waals surface area contributed by atoms with E-state index in [1.165, 1.54) is 44.3 Å². The van der Waals surface area contributed by atoms with E-state index in [4.69, 9.17) is 0 Å². The summed E-state index contributed by atoms with van der Waals surface area (Å²) in [7, 11) is 2.32. The minimum absolute atomic E-state index is 0.189. The van der Waals surface area contributed by atoms with Crippen molar-refractivity contribution in [1.29, 1.82) is 0 Å². The van der Waals surface area contributed by atoms with Gasteiger partial charge in [-0.25, -0.2) is 0 Å². The van der Waals surface area contributed by atoms with Crippen molar-refractivity contribution >= 4 is 5.91 Å². The molecule has 0 aromatic carbocycles. The monoisotopic (exact) mass is 357 g/mol. The zero-order valence-corrected chi connectivity index (χ0v) is 16.6. The van der Waals surface area contributed by atoms with Crippen LogP contribution < -0.4 is 0 Å². The topological polar surface area (TPSA) is 26.8 Å². The van der Waals surface area contributed by atoms with E-state index in [1.54, 1.807) is 6.92 Å². The summed E-state index contributed by atoms with van der Waals surface area (Å²) in [6, 6.07) is 1.85. The summed E-state index contributed by atoms with van der Waals surface area (Å²) in [6.07, 6.45) is 13.1. The molecule has 0 N–H and O–H groups in total. The normalized spacial score (nSPS) is 38.5. The molecule has 0 aromatic heterocycles. The average molecular weight is 358 g/mol. The van der Waals surface area contributed by atoms with Gasteiger partial charge in [-0.2, -0.15) is 0 Å². The molecule has 3 saturated heterocycles. The van der Waals surface area contributed by atoms with Gasteiger partial charge in [-0.3, -0.25) is 9.69 Å². The zero-order valence-electron chi connectivity index (χ0n) is 16.6. The highest BCUT2D eigenvalue weighted by atomic mass is 16.2. The standard InChI is InChI=1S/C22H35N3O/c1-4-8-21-19-13-18(14-23(21)3)20-10-5-6-12-25(20)22(19)17-9-7-11-24(15-17)16(2)26/h4,15,18-22H,1,5-14H2,2-3H3/t18-,19+,20+,21+,22-/m1/s1. The molecule has 26 heavy (non-hydrogen) atoms. The van der Waals surface area contributed by atoms with Crippen LogP contribution >= 0.6 is 0 Å². The Hall–Kier alpha value is -1.13. The van der Waals surface area contributed by atoms with Crippen LogP contribution in [0.1, 0.15) is 51.9 Å². The Balaban J connectivity index is 1.70. The third kappa shape index (κ3) is 3.16. The second-order valence-corrected chi connectivity index (χ2v) is 8.96. The number of carbonyl (C=O) groups excluding carboxylic acids is 1. The Morgan fingerprint density at radius 2 is 2.15 bits per heavy atom. The summed E-state index contributed by atoms with van der Waals surface area (Å²) >= 11 is 0. The summed E-state index contributed by atoms with van der Waals surface area (Å²) in [5.74, 6) is 1.68. The lowest BCUT2D eigenvalue weighted by atomic mass is 9.66. The highest BCUT2D eigenvalue weighted by Crippen LogP contribution is 2.47. The molecule has 1 amide bonds. The van der Waals surface area contributed by atoms with Gasteiger partial charge in [-0.05, 0) is 69.5 Å². The Morgan fingerprint density at radius 1 is 1.31 bits per heavy atom. The summed E-state index contributed by atoms with van der Waals surface area (Å²) in [6.45, 7) is 9.11. The van der Waals surface area contributed by atoms with E-state index in [9.17, 15) is 4.79 Å². The zero-order chi connectivity index (χ0) is 18.3. The van der Waals surface area contributed by atoms with E-state index in [-0.39, 0.29) is 5.91 Å². The first kappa shape index (κ1) is 18.2. The average Bonchev–Trinajstić information content (AvgIpc) is 2.65. The van der Waals surface area contributed by atoms with Crippen molar-refractivity contribution in [2.75, 3.05) is 26.7 Å². The molecule has 3 fully saturated rings. The van der Waals surface area contributed by atoms with Gasteiger partial charge in [0.05, 0.1) is 0 Å². The molecule has 4 aliphatic rings. The highest BCUT2D eigenvalue weighted by Gasteiger charge is 2.51. The SMILES string of the molecule is C=CC[C@H]1[C@@H]2C[C@H](CN1C)[C@@H]1CCCCN1[C@@H]2C1=CN(C(C)=O)CCC1. The number of carbonyl (C=O) groups is 1. The predicted octanol–water partition coefficient (Wildman–Crippen LogP) is 3.26. The number of amides is 1. The van der Waals surface area contributed by atoms with E-state index in [0.717, 1.165) is 37.8 Å². The molecule has 4 aliphatic heterocycles. The van der Waals surface area contributed by atoms with Crippen LogP contribution in [0.25, 0.3) is 0 Å². The Kier molecular flexibility index (Phi) is 5.24. The second-order valence-electron chi connectivity index (χ2n) is 8.96. The van der Waals surface area contributed by atoms with Gasteiger partial charge in [0.2, 0.25) is 5.91 Å². The molecule has 0 aliphatic carbocycles. The number of likely N-dealkylation sites (tertiary alicyclic amines) is 1. The van der Waals surface area contributed by atoms with Gasteiger partial charge in [0.15, 0.2) is 0 Å². The molecule has 0 unspecified atom stereocenters. The Labute approximate surface area is 158 Å². The smallest absolute Gasteiger partial charge is 0.223 e. The molecule has 4 heterocycles. The first-order valence-corrected chi connectivity index (χ1v) is 10.6. The number of hydrogen-bond acceptors (Lipinski definition) is 3. The fraction of sp³-hybridized carbons (Fsp3) is 0.773. The minimum atomic E-state index is 0.189. The largest absolute Gasteiger partial charge is 0.319 e. The first-order chi connectivity index (χ1) is 12.6. The predicted molar refractivity (Wildman–Crippen MR) is 106 cm³/mol. The molecule has 0 saturated carbocycles. The molecule has 0 radical (unpaired) electrons. The van der Waals surface area contributed by atoms with E-state index >= 15 is 0 Å². The van der Waals surface area contributed by atoms with Crippen molar-refractivity contribution in [3.05, 3.63) is 24.4 Å². The maximum atomic E-state index is 12.0. The van der Waals surface area contributed by atoms with Crippen LogP contribution in [0.5, 0.6) is 0 Å². The number of piperidine rings is 3. The number of fused-ring (bicyclic) bond motifs is 4. The second kappa shape index (κ2) is 7.47. The molecule has 144 valence electrons.